The molecule has 0 saturated carbocycles. The second-order valence-electron chi connectivity index (χ2n) is 6.79. The lowest BCUT2D eigenvalue weighted by Crippen LogP contribution is -2.31. The van der Waals surface area contributed by atoms with Gasteiger partial charge in [-0.1, -0.05) is 18.2 Å². The van der Waals surface area contributed by atoms with Crippen LogP contribution in [0.4, 0.5) is 19.1 Å². The maximum absolute atomic E-state index is 12.7. The number of nitrogen functional groups attached to an aromatic ring is 1. The van der Waals surface area contributed by atoms with Gasteiger partial charge in [0.2, 0.25) is 5.95 Å². The van der Waals surface area contributed by atoms with Crippen LogP contribution < -0.4 is 5.73 Å². The summed E-state index contributed by atoms with van der Waals surface area (Å²) in [5.74, 6) is 0.301. The smallest absolute Gasteiger partial charge is 0.368 e. The van der Waals surface area contributed by atoms with Crippen LogP contribution in [0.1, 0.15) is 22.4 Å². The Bertz CT molecular complexity index is 969. The molecular weight excluding hydrogens is 367 g/mol. The molecule has 0 fully saturated rings. The number of hydrogen-bond donors (Lipinski definition) is 1. The van der Waals surface area contributed by atoms with Gasteiger partial charge in [0.05, 0.1) is 17.0 Å². The third kappa shape index (κ3) is 3.96. The summed E-state index contributed by atoms with van der Waals surface area (Å²) >= 11 is 0. The van der Waals surface area contributed by atoms with Crippen LogP contribution in [0.2, 0.25) is 0 Å². The average molecular weight is 385 g/mol. The van der Waals surface area contributed by atoms with E-state index in [1.54, 1.807) is 12.4 Å². The normalized spacial score (nSPS) is 14.7. The summed E-state index contributed by atoms with van der Waals surface area (Å²) in [5.41, 5.74) is 9.38. The maximum atomic E-state index is 12.7. The molecular formula is C20H18F3N5. The van der Waals surface area contributed by atoms with E-state index < -0.39 is 11.7 Å². The van der Waals surface area contributed by atoms with E-state index in [0.717, 1.165) is 55.0 Å². The predicted octanol–water partition coefficient (Wildman–Crippen LogP) is 3.70. The zero-order valence-electron chi connectivity index (χ0n) is 14.9. The van der Waals surface area contributed by atoms with Crippen molar-refractivity contribution >= 4 is 5.95 Å². The van der Waals surface area contributed by atoms with Crippen molar-refractivity contribution in [2.45, 2.75) is 25.7 Å². The second kappa shape index (κ2) is 7.20. The molecule has 0 radical (unpaired) electrons. The SMILES string of the molecule is Nc1ncc2c(n1)CCN(Cc1ccc(-c3ccc(C(F)(F)F)cc3)nc1)C2. The quantitative estimate of drug-likeness (QED) is 0.745. The van der Waals surface area contributed by atoms with Gasteiger partial charge in [-0.2, -0.15) is 13.2 Å². The van der Waals surface area contributed by atoms with E-state index in [9.17, 15) is 13.2 Å². The van der Waals surface area contributed by atoms with Gasteiger partial charge in [-0.05, 0) is 23.8 Å². The van der Waals surface area contributed by atoms with Crippen molar-refractivity contribution in [2.75, 3.05) is 12.3 Å². The van der Waals surface area contributed by atoms with E-state index in [2.05, 4.69) is 19.9 Å². The molecule has 0 amide bonds. The molecule has 0 aliphatic carbocycles. The Morgan fingerprint density at radius 1 is 1.00 bits per heavy atom. The fourth-order valence-corrected chi connectivity index (χ4v) is 3.30. The van der Waals surface area contributed by atoms with Crippen molar-refractivity contribution in [3.05, 3.63) is 71.2 Å². The molecule has 2 N–H and O–H groups in total. The molecule has 3 aromatic rings. The van der Waals surface area contributed by atoms with Gasteiger partial charge in [0, 0.05) is 49.6 Å². The van der Waals surface area contributed by atoms with Gasteiger partial charge in [0.25, 0.3) is 0 Å². The Hall–Kier alpha value is -3.00. The summed E-state index contributed by atoms with van der Waals surface area (Å²) in [6.07, 6.45) is 0.0243. The van der Waals surface area contributed by atoms with E-state index in [1.165, 1.54) is 12.1 Å². The topological polar surface area (TPSA) is 67.9 Å². The largest absolute Gasteiger partial charge is 0.416 e. The van der Waals surface area contributed by atoms with Crippen LogP contribution in [0.5, 0.6) is 0 Å². The molecule has 2 aromatic heterocycles. The molecule has 144 valence electrons. The minimum atomic E-state index is -4.33. The number of anilines is 1. The highest BCUT2D eigenvalue weighted by atomic mass is 19.4. The lowest BCUT2D eigenvalue weighted by Gasteiger charge is -2.27. The Labute approximate surface area is 160 Å². The minimum Gasteiger partial charge on any atom is -0.368 e. The fraction of sp³-hybridized carbons (Fsp3) is 0.250. The van der Waals surface area contributed by atoms with Crippen LogP contribution in [-0.4, -0.2) is 26.4 Å². The van der Waals surface area contributed by atoms with E-state index in [0.29, 0.717) is 17.2 Å². The standard InChI is InChI=1S/C20H18F3N5/c21-20(22,23)16-4-2-14(3-5-16)17-6-1-13(9-25-17)11-28-8-7-18-15(12-28)10-26-19(24)27-18/h1-6,9-10H,7-8,11-12H2,(H2,24,26,27). The number of rotatable bonds is 3. The molecule has 3 heterocycles. The van der Waals surface area contributed by atoms with Gasteiger partial charge >= 0.3 is 6.18 Å². The van der Waals surface area contributed by atoms with Gasteiger partial charge in [-0.15, -0.1) is 0 Å². The summed E-state index contributed by atoms with van der Waals surface area (Å²) in [6, 6.07) is 8.82. The first-order chi connectivity index (χ1) is 13.4. The zero-order chi connectivity index (χ0) is 19.7. The average Bonchev–Trinajstić information content (AvgIpc) is 2.68. The number of benzene rings is 1. The van der Waals surface area contributed by atoms with Crippen molar-refractivity contribution in [1.82, 2.24) is 19.9 Å². The molecule has 0 bridgehead atoms. The first-order valence-electron chi connectivity index (χ1n) is 8.84. The second-order valence-corrected chi connectivity index (χ2v) is 6.79. The van der Waals surface area contributed by atoms with Crippen molar-refractivity contribution < 1.29 is 13.2 Å². The number of nitrogens with zero attached hydrogens (tertiary/aromatic N) is 4. The summed E-state index contributed by atoms with van der Waals surface area (Å²) in [7, 11) is 0. The molecule has 4 rings (SSSR count). The molecule has 0 atom stereocenters. The number of alkyl halides is 3. The zero-order valence-corrected chi connectivity index (χ0v) is 14.9. The lowest BCUT2D eigenvalue weighted by atomic mass is 10.1. The molecule has 0 saturated heterocycles. The summed E-state index contributed by atoms with van der Waals surface area (Å²) < 4.78 is 38.0. The number of pyridine rings is 1. The van der Waals surface area contributed by atoms with E-state index in [4.69, 9.17) is 5.73 Å². The van der Waals surface area contributed by atoms with Crippen LogP contribution in [-0.2, 0) is 25.7 Å². The molecule has 8 heteroatoms. The van der Waals surface area contributed by atoms with Gasteiger partial charge in [-0.3, -0.25) is 9.88 Å². The van der Waals surface area contributed by atoms with Crippen LogP contribution in [0.15, 0.2) is 48.8 Å². The first-order valence-corrected chi connectivity index (χ1v) is 8.84. The van der Waals surface area contributed by atoms with Gasteiger partial charge < -0.3 is 5.73 Å². The molecule has 1 aromatic carbocycles. The van der Waals surface area contributed by atoms with Crippen molar-refractivity contribution in [2.24, 2.45) is 0 Å². The van der Waals surface area contributed by atoms with Crippen LogP contribution in [0, 0.1) is 0 Å². The number of fused-ring (bicyclic) bond motifs is 1. The molecule has 28 heavy (non-hydrogen) atoms. The number of halogens is 3. The number of nitrogens with two attached hydrogens (primary N) is 1. The van der Waals surface area contributed by atoms with Crippen LogP contribution in [0.3, 0.4) is 0 Å². The summed E-state index contributed by atoms with van der Waals surface area (Å²) in [5, 5.41) is 0. The lowest BCUT2D eigenvalue weighted by molar-refractivity contribution is -0.137. The van der Waals surface area contributed by atoms with Gasteiger partial charge in [0.1, 0.15) is 0 Å². The van der Waals surface area contributed by atoms with Gasteiger partial charge in [0.15, 0.2) is 0 Å². The molecule has 1 aliphatic heterocycles. The number of hydrogen-bond acceptors (Lipinski definition) is 5. The monoisotopic (exact) mass is 385 g/mol. The van der Waals surface area contributed by atoms with Crippen molar-refractivity contribution in [3.8, 4) is 11.3 Å². The third-order valence-electron chi connectivity index (χ3n) is 4.77. The molecule has 0 unspecified atom stereocenters. The van der Waals surface area contributed by atoms with E-state index in [-0.39, 0.29) is 0 Å². The Morgan fingerprint density at radius 3 is 2.46 bits per heavy atom. The third-order valence-corrected chi connectivity index (χ3v) is 4.77. The molecule has 1 aliphatic rings. The highest BCUT2D eigenvalue weighted by Gasteiger charge is 2.30. The Balaban J connectivity index is 1.43. The van der Waals surface area contributed by atoms with E-state index >= 15 is 0 Å². The van der Waals surface area contributed by atoms with E-state index in [1.807, 2.05) is 12.1 Å². The Kier molecular flexibility index (Phi) is 4.72. The first kappa shape index (κ1) is 18.4. The summed E-state index contributed by atoms with van der Waals surface area (Å²) in [6.45, 7) is 2.34. The van der Waals surface area contributed by atoms with Crippen molar-refractivity contribution in [3.63, 3.8) is 0 Å². The fourth-order valence-electron chi connectivity index (χ4n) is 3.30. The Morgan fingerprint density at radius 2 is 1.79 bits per heavy atom. The number of aromatic nitrogens is 3. The minimum absolute atomic E-state index is 0.301. The van der Waals surface area contributed by atoms with Crippen LogP contribution in [0.25, 0.3) is 11.3 Å². The molecule has 5 nitrogen and oxygen atoms in total. The van der Waals surface area contributed by atoms with Gasteiger partial charge in [-0.25, -0.2) is 9.97 Å². The van der Waals surface area contributed by atoms with Crippen LogP contribution >= 0.6 is 0 Å². The van der Waals surface area contributed by atoms with Crippen molar-refractivity contribution in [1.29, 1.82) is 0 Å². The highest BCUT2D eigenvalue weighted by Crippen LogP contribution is 2.30. The highest BCUT2D eigenvalue weighted by molar-refractivity contribution is 5.59. The summed E-state index contributed by atoms with van der Waals surface area (Å²) in [4.78, 5) is 15.0. The molecule has 0 spiro atoms. The maximum Gasteiger partial charge on any atom is 0.416 e. The predicted molar refractivity (Wildman–Crippen MR) is 98.9 cm³/mol.